The molecule has 3 nitrogen and oxygen atoms in total. The van der Waals surface area contributed by atoms with E-state index in [1.807, 2.05) is 19.9 Å². The summed E-state index contributed by atoms with van der Waals surface area (Å²) in [5, 5.41) is 0.236. The molecule has 0 radical (unpaired) electrons. The van der Waals surface area contributed by atoms with Crippen LogP contribution in [0.25, 0.3) is 5.57 Å². The van der Waals surface area contributed by atoms with E-state index in [0.29, 0.717) is 17.5 Å². The summed E-state index contributed by atoms with van der Waals surface area (Å²) in [5.74, 6) is -0.862. The van der Waals surface area contributed by atoms with E-state index in [-0.39, 0.29) is 33.2 Å². The lowest BCUT2D eigenvalue weighted by molar-refractivity contribution is -0.137. The van der Waals surface area contributed by atoms with E-state index in [2.05, 4.69) is 20.8 Å². The molecule has 1 aromatic carbocycles. The topological polar surface area (TPSA) is 19.4 Å². The average molecular weight is 644 g/mol. The molecule has 2 heterocycles. The van der Waals surface area contributed by atoms with Crippen molar-refractivity contribution in [1.82, 2.24) is 9.88 Å². The number of hydrogen-bond acceptors (Lipinski definition) is 3. The fourth-order valence-corrected chi connectivity index (χ4v) is 4.89. The molecular weight excluding hydrogens is 611 g/mol. The third-order valence-corrected chi connectivity index (χ3v) is 6.77. The highest BCUT2D eigenvalue weighted by Crippen LogP contribution is 2.40. The molecule has 1 aliphatic rings. The van der Waals surface area contributed by atoms with Crippen molar-refractivity contribution in [2.24, 2.45) is 0 Å². The van der Waals surface area contributed by atoms with Crippen molar-refractivity contribution in [3.05, 3.63) is 83.2 Å². The zero-order valence-corrected chi connectivity index (χ0v) is 25.2. The van der Waals surface area contributed by atoms with Crippen molar-refractivity contribution >= 4 is 25.8 Å². The van der Waals surface area contributed by atoms with Gasteiger partial charge >= 0.3 is 18.5 Å². The van der Waals surface area contributed by atoms with Gasteiger partial charge in [-0.05, 0) is 58.6 Å². The Kier molecular flexibility index (Phi) is 11.5. The molecular formula is C29H32F10N3P. The number of aromatic nitrogens is 1. The molecule has 2 aromatic rings. The van der Waals surface area contributed by atoms with Gasteiger partial charge in [-0.1, -0.05) is 34.3 Å². The van der Waals surface area contributed by atoms with E-state index in [1.54, 1.807) is 31.9 Å². The van der Waals surface area contributed by atoms with Gasteiger partial charge in [0.15, 0.2) is 0 Å². The van der Waals surface area contributed by atoms with Gasteiger partial charge in [-0.3, -0.25) is 4.98 Å². The maximum Gasteiger partial charge on any atom is 0.417 e. The van der Waals surface area contributed by atoms with Crippen molar-refractivity contribution in [3.8, 4) is 0 Å². The zero-order valence-electron chi connectivity index (χ0n) is 24.0. The summed E-state index contributed by atoms with van der Waals surface area (Å²) in [6.45, 7) is 7.47. The summed E-state index contributed by atoms with van der Waals surface area (Å²) in [6, 6.07) is 5.33. The van der Waals surface area contributed by atoms with E-state index >= 15 is 0 Å². The molecule has 0 N–H and O–H groups in total. The van der Waals surface area contributed by atoms with Gasteiger partial charge in [0.05, 0.1) is 11.3 Å². The molecule has 0 aliphatic carbocycles. The van der Waals surface area contributed by atoms with E-state index in [9.17, 15) is 43.9 Å². The average Bonchev–Trinajstić information content (AvgIpc) is 2.82. The second kappa shape index (κ2) is 13.7. The van der Waals surface area contributed by atoms with Crippen LogP contribution in [0.15, 0.2) is 60.6 Å². The summed E-state index contributed by atoms with van der Waals surface area (Å²) < 4.78 is 129. The number of allylic oxidation sites excluding steroid dienone is 3. The van der Waals surface area contributed by atoms with Gasteiger partial charge in [-0.15, -0.1) is 9.24 Å². The van der Waals surface area contributed by atoms with Crippen LogP contribution in [-0.4, -0.2) is 48.5 Å². The number of alkyl halides is 9. The van der Waals surface area contributed by atoms with E-state index < -0.39 is 48.7 Å². The highest BCUT2D eigenvalue weighted by molar-refractivity contribution is 7.27. The summed E-state index contributed by atoms with van der Waals surface area (Å²) in [6.07, 6.45) is -10.1. The van der Waals surface area contributed by atoms with Gasteiger partial charge in [-0.25, -0.2) is 4.39 Å². The number of anilines is 1. The number of rotatable bonds is 6. The zero-order chi connectivity index (χ0) is 33.1. The van der Waals surface area contributed by atoms with Crippen molar-refractivity contribution in [3.63, 3.8) is 0 Å². The minimum atomic E-state index is -4.83. The van der Waals surface area contributed by atoms with Crippen LogP contribution in [0, 0.1) is 5.82 Å². The number of likely N-dealkylation sites (N-methyl/N-ethyl adjacent to an activating group) is 1. The predicted octanol–water partition coefficient (Wildman–Crippen LogP) is 8.87. The summed E-state index contributed by atoms with van der Waals surface area (Å²) in [4.78, 5) is 5.75. The Morgan fingerprint density at radius 3 is 1.91 bits per heavy atom. The van der Waals surface area contributed by atoms with Crippen molar-refractivity contribution < 1.29 is 43.9 Å². The number of benzene rings is 1. The molecule has 0 bridgehead atoms. The standard InChI is InChI=1S/C16H17F3N2.C13H15F7NP/c1-10(2)12-5-7-20-14(9-12)15-11(3)21(4)8-6-13(15)16(17,18)19;1-7(2)11-9(14)3-8(4-10(11)22)21(5-12(15,16)17)6-13(18,19)20/h5-10H,3H2,1-2,4H3;3-4,7H,5-6,22H2,1-2H3. The Morgan fingerprint density at radius 1 is 0.907 bits per heavy atom. The van der Waals surface area contributed by atoms with Crippen LogP contribution in [0.3, 0.4) is 0 Å². The maximum atomic E-state index is 14.0. The minimum absolute atomic E-state index is 0.0370. The molecule has 0 amide bonds. The largest absolute Gasteiger partial charge is 0.417 e. The van der Waals surface area contributed by atoms with Crippen LogP contribution >= 0.6 is 9.24 Å². The molecule has 1 atom stereocenters. The lowest BCUT2D eigenvalue weighted by atomic mass is 9.95. The van der Waals surface area contributed by atoms with E-state index in [0.717, 1.165) is 17.7 Å². The highest BCUT2D eigenvalue weighted by atomic mass is 31.0. The molecule has 3 rings (SSSR count). The van der Waals surface area contributed by atoms with Gasteiger partial charge in [0, 0.05) is 36.4 Å². The lowest BCUT2D eigenvalue weighted by Crippen LogP contribution is -2.41. The van der Waals surface area contributed by atoms with Gasteiger partial charge in [-0.2, -0.15) is 39.5 Å². The number of halogens is 10. The Morgan fingerprint density at radius 2 is 1.47 bits per heavy atom. The molecule has 1 aliphatic heterocycles. The third kappa shape index (κ3) is 10.3. The van der Waals surface area contributed by atoms with Gasteiger partial charge in [0.25, 0.3) is 0 Å². The smallest absolute Gasteiger partial charge is 0.353 e. The van der Waals surface area contributed by atoms with Gasteiger partial charge in [0.2, 0.25) is 0 Å². The highest BCUT2D eigenvalue weighted by Gasteiger charge is 2.39. The molecule has 43 heavy (non-hydrogen) atoms. The van der Waals surface area contributed by atoms with Crippen LogP contribution in [-0.2, 0) is 0 Å². The second-order valence-corrected chi connectivity index (χ2v) is 11.1. The first-order valence-electron chi connectivity index (χ1n) is 12.9. The summed E-state index contributed by atoms with van der Waals surface area (Å²) >= 11 is 0. The number of hydrogen-bond donors (Lipinski definition) is 0. The Bertz CT molecular complexity index is 1320. The first kappa shape index (κ1) is 36.1. The van der Waals surface area contributed by atoms with Crippen LogP contribution in [0.1, 0.15) is 56.4 Å². The molecule has 0 saturated carbocycles. The Labute approximate surface area is 246 Å². The summed E-state index contributed by atoms with van der Waals surface area (Å²) in [5.41, 5.74) is 0.648. The van der Waals surface area contributed by atoms with Crippen LogP contribution in [0.4, 0.5) is 49.6 Å². The third-order valence-electron chi connectivity index (χ3n) is 6.29. The summed E-state index contributed by atoms with van der Waals surface area (Å²) in [7, 11) is 3.81. The monoisotopic (exact) mass is 643 g/mol. The molecule has 14 heteroatoms. The predicted molar refractivity (Wildman–Crippen MR) is 151 cm³/mol. The molecule has 0 spiro atoms. The SMILES string of the molecule is C=C1C(c2cc(C(C)C)ccn2)=C(C(F)(F)F)C=CN1C.CC(C)c1c(F)cc(N(CC(F)(F)F)CC(F)(F)F)cc1P. The lowest BCUT2D eigenvalue weighted by Gasteiger charge is -2.28. The molecule has 238 valence electrons. The maximum absolute atomic E-state index is 14.0. The first-order valence-corrected chi connectivity index (χ1v) is 13.4. The van der Waals surface area contributed by atoms with Crippen molar-refractivity contribution in [2.45, 2.75) is 58.1 Å². The Hall–Kier alpha value is -3.08. The quantitative estimate of drug-likeness (QED) is 0.232. The van der Waals surface area contributed by atoms with Crippen molar-refractivity contribution in [1.29, 1.82) is 0 Å². The Balaban J connectivity index is 0.000000300. The molecule has 0 saturated heterocycles. The van der Waals surface area contributed by atoms with Crippen molar-refractivity contribution in [2.75, 3.05) is 25.0 Å². The molecule has 1 aromatic heterocycles. The van der Waals surface area contributed by atoms with Crippen LogP contribution in [0.2, 0.25) is 0 Å². The minimum Gasteiger partial charge on any atom is -0.353 e. The second-order valence-electron chi connectivity index (χ2n) is 10.5. The normalized spacial score (nSPS) is 14.5. The molecule has 0 fully saturated rings. The van der Waals surface area contributed by atoms with E-state index in [1.165, 1.54) is 12.4 Å². The van der Waals surface area contributed by atoms with Crippen LogP contribution < -0.4 is 10.2 Å². The fourth-order valence-electron chi connectivity index (χ4n) is 4.24. The van der Waals surface area contributed by atoms with Crippen LogP contribution in [0.5, 0.6) is 0 Å². The van der Waals surface area contributed by atoms with Gasteiger partial charge in [0.1, 0.15) is 18.9 Å². The van der Waals surface area contributed by atoms with E-state index in [4.69, 9.17) is 0 Å². The number of pyridine rings is 1. The molecule has 1 unspecified atom stereocenters. The fraction of sp³-hybridized carbons (Fsp3) is 0.414. The first-order chi connectivity index (χ1) is 19.5. The number of nitrogens with zero attached hydrogens (tertiary/aromatic N) is 3. The van der Waals surface area contributed by atoms with Gasteiger partial charge < -0.3 is 9.80 Å².